The van der Waals surface area contributed by atoms with Crippen molar-refractivity contribution >= 4 is 0 Å². The predicted molar refractivity (Wildman–Crippen MR) is 84.5 cm³/mol. The molecule has 0 fully saturated rings. The molecule has 3 heteroatoms. The topological polar surface area (TPSA) is 40.7 Å². The van der Waals surface area contributed by atoms with Gasteiger partial charge in [0.1, 0.15) is 0 Å². The molecule has 0 saturated heterocycles. The molecule has 2 N–H and O–H groups in total. The third kappa shape index (κ3) is 3.94. The quantitative estimate of drug-likeness (QED) is 0.839. The Kier molecular flexibility index (Phi) is 4.96. The van der Waals surface area contributed by atoms with Gasteiger partial charge < -0.3 is 5.32 Å². The Morgan fingerprint density at radius 3 is 2.40 bits per heavy atom. The third-order valence-corrected chi connectivity index (χ3v) is 3.31. The van der Waals surface area contributed by atoms with E-state index in [-0.39, 0.29) is 0 Å². The van der Waals surface area contributed by atoms with E-state index in [4.69, 9.17) is 0 Å². The largest absolute Gasteiger partial charge is 0.310 e. The van der Waals surface area contributed by atoms with Crippen LogP contribution in [0.5, 0.6) is 0 Å². The molecule has 1 aromatic heterocycles. The lowest BCUT2D eigenvalue weighted by Crippen LogP contribution is -2.21. The summed E-state index contributed by atoms with van der Waals surface area (Å²) in [7, 11) is 0. The highest BCUT2D eigenvalue weighted by atomic mass is 15.1. The van der Waals surface area contributed by atoms with Crippen LogP contribution in [0.4, 0.5) is 0 Å². The summed E-state index contributed by atoms with van der Waals surface area (Å²) in [6.45, 7) is 9.65. The van der Waals surface area contributed by atoms with Gasteiger partial charge in [0.15, 0.2) is 0 Å². The molecular formula is C17H25N3. The molecule has 1 aromatic carbocycles. The lowest BCUT2D eigenvalue weighted by atomic mass is 10.00. The van der Waals surface area contributed by atoms with E-state index in [1.54, 1.807) is 0 Å². The van der Waals surface area contributed by atoms with Gasteiger partial charge in [-0.1, -0.05) is 52.0 Å². The third-order valence-electron chi connectivity index (χ3n) is 3.31. The smallest absolute Gasteiger partial charge is 0.0695 e. The van der Waals surface area contributed by atoms with Crippen LogP contribution in [0.25, 0.3) is 11.3 Å². The standard InChI is InChI=1S/C17H25N3/c1-12(2)9-14-5-7-15(8-6-14)17-16(11-19-20-17)10-18-13(3)4/h5-8,11-13,18H,9-10H2,1-4H3,(H,19,20). The molecule has 2 rings (SSSR count). The summed E-state index contributed by atoms with van der Waals surface area (Å²) in [6.07, 6.45) is 3.04. The first-order valence-corrected chi connectivity index (χ1v) is 7.41. The van der Waals surface area contributed by atoms with Crippen LogP contribution in [0.1, 0.15) is 38.8 Å². The number of hydrogen-bond acceptors (Lipinski definition) is 2. The highest BCUT2D eigenvalue weighted by Gasteiger charge is 2.08. The molecule has 0 spiro atoms. The molecule has 1 heterocycles. The van der Waals surface area contributed by atoms with Gasteiger partial charge in [0, 0.05) is 18.2 Å². The van der Waals surface area contributed by atoms with E-state index < -0.39 is 0 Å². The molecule has 2 aromatic rings. The van der Waals surface area contributed by atoms with Gasteiger partial charge in [-0.25, -0.2) is 0 Å². The van der Waals surface area contributed by atoms with Gasteiger partial charge in [-0.15, -0.1) is 0 Å². The van der Waals surface area contributed by atoms with E-state index in [1.807, 2.05) is 6.20 Å². The highest BCUT2D eigenvalue weighted by molar-refractivity contribution is 5.62. The summed E-state index contributed by atoms with van der Waals surface area (Å²) in [6, 6.07) is 9.28. The maximum absolute atomic E-state index is 4.18. The van der Waals surface area contributed by atoms with Crippen LogP contribution in [0.3, 0.4) is 0 Å². The first-order chi connectivity index (χ1) is 9.56. The van der Waals surface area contributed by atoms with Gasteiger partial charge >= 0.3 is 0 Å². The fraction of sp³-hybridized carbons (Fsp3) is 0.471. The Labute approximate surface area is 121 Å². The second kappa shape index (κ2) is 6.71. The number of hydrogen-bond donors (Lipinski definition) is 2. The van der Waals surface area contributed by atoms with Crippen molar-refractivity contribution in [3.63, 3.8) is 0 Å². The van der Waals surface area contributed by atoms with E-state index in [9.17, 15) is 0 Å². The second-order valence-corrected chi connectivity index (χ2v) is 6.10. The molecule has 0 radical (unpaired) electrons. The van der Waals surface area contributed by atoms with Crippen molar-refractivity contribution in [2.24, 2.45) is 5.92 Å². The molecule has 0 atom stereocenters. The molecule has 0 amide bonds. The number of rotatable bonds is 6. The van der Waals surface area contributed by atoms with Crippen LogP contribution in [-0.4, -0.2) is 16.2 Å². The van der Waals surface area contributed by atoms with Crippen molar-refractivity contribution in [3.8, 4) is 11.3 Å². The van der Waals surface area contributed by atoms with E-state index in [0.717, 1.165) is 18.7 Å². The van der Waals surface area contributed by atoms with Crippen molar-refractivity contribution in [1.82, 2.24) is 15.5 Å². The zero-order valence-corrected chi connectivity index (χ0v) is 12.9. The first kappa shape index (κ1) is 14.8. The molecule has 108 valence electrons. The van der Waals surface area contributed by atoms with Gasteiger partial charge in [0.05, 0.1) is 11.9 Å². The van der Waals surface area contributed by atoms with E-state index in [1.165, 1.54) is 16.7 Å². The number of aromatic nitrogens is 2. The van der Waals surface area contributed by atoms with Crippen LogP contribution in [0.15, 0.2) is 30.5 Å². The number of nitrogens with zero attached hydrogens (tertiary/aromatic N) is 1. The Bertz CT molecular complexity index is 523. The first-order valence-electron chi connectivity index (χ1n) is 7.41. The van der Waals surface area contributed by atoms with Gasteiger partial charge in [-0.2, -0.15) is 5.10 Å². The van der Waals surface area contributed by atoms with Crippen LogP contribution in [0.2, 0.25) is 0 Å². The minimum Gasteiger partial charge on any atom is -0.310 e. The molecule has 0 aliphatic rings. The van der Waals surface area contributed by atoms with Crippen molar-refractivity contribution in [3.05, 3.63) is 41.6 Å². The van der Waals surface area contributed by atoms with Crippen LogP contribution in [-0.2, 0) is 13.0 Å². The van der Waals surface area contributed by atoms with Crippen molar-refractivity contribution < 1.29 is 0 Å². The van der Waals surface area contributed by atoms with Gasteiger partial charge in [-0.05, 0) is 23.5 Å². The van der Waals surface area contributed by atoms with Crippen LogP contribution >= 0.6 is 0 Å². The second-order valence-electron chi connectivity index (χ2n) is 6.10. The number of benzene rings is 1. The van der Waals surface area contributed by atoms with Crippen molar-refractivity contribution in [1.29, 1.82) is 0 Å². The Balaban J connectivity index is 2.13. The molecule has 3 nitrogen and oxygen atoms in total. The van der Waals surface area contributed by atoms with Gasteiger partial charge in [-0.3, -0.25) is 5.10 Å². The normalized spacial score (nSPS) is 11.5. The van der Waals surface area contributed by atoms with Crippen LogP contribution in [0, 0.1) is 5.92 Å². The maximum Gasteiger partial charge on any atom is 0.0695 e. The monoisotopic (exact) mass is 271 g/mol. The van der Waals surface area contributed by atoms with E-state index >= 15 is 0 Å². The average Bonchev–Trinajstić information content (AvgIpc) is 2.85. The zero-order chi connectivity index (χ0) is 14.5. The number of H-pyrrole nitrogens is 1. The maximum atomic E-state index is 4.18. The van der Waals surface area contributed by atoms with Gasteiger partial charge in [0.25, 0.3) is 0 Å². The lowest BCUT2D eigenvalue weighted by Gasteiger charge is -2.09. The predicted octanol–water partition coefficient (Wildman–Crippen LogP) is 3.77. The number of aromatic amines is 1. The fourth-order valence-corrected chi connectivity index (χ4v) is 2.29. The van der Waals surface area contributed by atoms with Crippen LogP contribution < -0.4 is 5.32 Å². The molecule has 0 aliphatic heterocycles. The highest BCUT2D eigenvalue weighted by Crippen LogP contribution is 2.22. The van der Waals surface area contributed by atoms with Crippen molar-refractivity contribution in [2.75, 3.05) is 0 Å². The van der Waals surface area contributed by atoms with Gasteiger partial charge in [0.2, 0.25) is 0 Å². The average molecular weight is 271 g/mol. The minimum absolute atomic E-state index is 0.478. The lowest BCUT2D eigenvalue weighted by molar-refractivity contribution is 0.589. The molecular weight excluding hydrogens is 246 g/mol. The minimum atomic E-state index is 0.478. The summed E-state index contributed by atoms with van der Waals surface area (Å²) in [5.74, 6) is 0.693. The Morgan fingerprint density at radius 2 is 1.80 bits per heavy atom. The fourth-order valence-electron chi connectivity index (χ4n) is 2.29. The van der Waals surface area contributed by atoms with Crippen molar-refractivity contribution in [2.45, 2.75) is 46.7 Å². The molecule has 0 bridgehead atoms. The SMILES string of the molecule is CC(C)Cc1ccc(-c2[nH]ncc2CNC(C)C)cc1. The molecule has 20 heavy (non-hydrogen) atoms. The van der Waals surface area contributed by atoms with E-state index in [0.29, 0.717) is 12.0 Å². The number of nitrogens with one attached hydrogen (secondary N) is 2. The molecule has 0 saturated carbocycles. The summed E-state index contributed by atoms with van der Waals surface area (Å²) in [5, 5.41) is 10.7. The summed E-state index contributed by atoms with van der Waals surface area (Å²) in [4.78, 5) is 0. The zero-order valence-electron chi connectivity index (χ0n) is 12.9. The summed E-state index contributed by atoms with van der Waals surface area (Å²) < 4.78 is 0. The molecule has 0 aliphatic carbocycles. The molecule has 0 unspecified atom stereocenters. The Morgan fingerprint density at radius 1 is 1.10 bits per heavy atom. The van der Waals surface area contributed by atoms with E-state index in [2.05, 4.69) is 67.5 Å². The summed E-state index contributed by atoms with van der Waals surface area (Å²) >= 11 is 0. The summed E-state index contributed by atoms with van der Waals surface area (Å²) in [5.41, 5.74) is 4.94. The Hall–Kier alpha value is -1.61.